The van der Waals surface area contributed by atoms with Crippen molar-refractivity contribution in [3.8, 4) is 11.3 Å². The molecule has 0 saturated heterocycles. The van der Waals surface area contributed by atoms with Gasteiger partial charge < -0.3 is 9.73 Å². The average molecular weight is 472 g/mol. The van der Waals surface area contributed by atoms with Gasteiger partial charge in [-0.1, -0.05) is 41.6 Å². The molecule has 6 nitrogen and oxygen atoms in total. The number of rotatable bonds is 8. The van der Waals surface area contributed by atoms with Crippen LogP contribution in [0.4, 0.5) is 0 Å². The number of hydrogen-bond donors (Lipinski definition) is 1. The molecule has 0 saturated carbocycles. The first kappa shape index (κ1) is 21.4. The van der Waals surface area contributed by atoms with Crippen LogP contribution in [0.3, 0.4) is 0 Å². The number of nitrogens with zero attached hydrogens (tertiary/aromatic N) is 2. The summed E-state index contributed by atoms with van der Waals surface area (Å²) in [5.74, 6) is 0.609. The number of carbonyl (C=O) groups is 1. The zero-order valence-electron chi connectivity index (χ0n) is 16.3. The van der Waals surface area contributed by atoms with E-state index in [1.807, 2.05) is 23.6 Å². The van der Waals surface area contributed by atoms with Gasteiger partial charge in [0.15, 0.2) is 5.16 Å². The first-order chi connectivity index (χ1) is 15.1. The van der Waals surface area contributed by atoms with Gasteiger partial charge in [0.1, 0.15) is 10.6 Å². The molecule has 0 bridgehead atoms. The van der Waals surface area contributed by atoms with Gasteiger partial charge in [-0.05, 0) is 29.8 Å². The standard InChI is InChI=1S/C22H18ClN3O3S2/c1-2-9-26-21(28)19-16(17-4-3-10-29-17)12-30-20(19)25-22(26)31-13-18(27)24-11-14-5-7-15(23)8-6-14/h2-8,10,12H,1,9,11,13H2,(H,24,27). The number of halogens is 1. The van der Waals surface area contributed by atoms with Crippen LogP contribution in [0.15, 0.2) is 75.1 Å². The molecule has 0 aliphatic rings. The van der Waals surface area contributed by atoms with Crippen molar-refractivity contribution in [1.82, 2.24) is 14.9 Å². The van der Waals surface area contributed by atoms with Gasteiger partial charge in [-0.2, -0.15) is 0 Å². The van der Waals surface area contributed by atoms with E-state index in [1.165, 1.54) is 27.7 Å². The minimum atomic E-state index is -0.179. The highest BCUT2D eigenvalue weighted by atomic mass is 35.5. The number of carbonyl (C=O) groups excluding carboxylic acids is 1. The number of aromatic nitrogens is 2. The van der Waals surface area contributed by atoms with E-state index in [0.717, 1.165) is 11.1 Å². The summed E-state index contributed by atoms with van der Waals surface area (Å²) in [6.45, 7) is 4.44. The maximum atomic E-state index is 13.2. The zero-order chi connectivity index (χ0) is 21.8. The number of fused-ring (bicyclic) bond motifs is 1. The van der Waals surface area contributed by atoms with Crippen molar-refractivity contribution in [2.45, 2.75) is 18.2 Å². The molecule has 3 heterocycles. The Morgan fingerprint density at radius 2 is 2.13 bits per heavy atom. The Morgan fingerprint density at radius 1 is 1.32 bits per heavy atom. The summed E-state index contributed by atoms with van der Waals surface area (Å²) in [5, 5.41) is 6.37. The van der Waals surface area contributed by atoms with Crippen molar-refractivity contribution >= 4 is 50.8 Å². The predicted octanol–water partition coefficient (Wildman–Crippen LogP) is 4.97. The maximum absolute atomic E-state index is 13.2. The molecule has 0 aliphatic carbocycles. The molecule has 0 aliphatic heterocycles. The molecular formula is C22H18ClN3O3S2. The van der Waals surface area contributed by atoms with Gasteiger partial charge in [0.2, 0.25) is 5.91 Å². The lowest BCUT2D eigenvalue weighted by molar-refractivity contribution is -0.118. The second-order valence-corrected chi connectivity index (χ2v) is 8.83. The van der Waals surface area contributed by atoms with E-state index in [4.69, 9.17) is 16.0 Å². The van der Waals surface area contributed by atoms with E-state index < -0.39 is 0 Å². The molecule has 4 aromatic rings. The minimum Gasteiger partial charge on any atom is -0.464 e. The Kier molecular flexibility index (Phi) is 6.60. The number of hydrogen-bond acceptors (Lipinski definition) is 6. The first-order valence-corrected chi connectivity index (χ1v) is 11.6. The molecule has 31 heavy (non-hydrogen) atoms. The van der Waals surface area contributed by atoms with Gasteiger partial charge in [-0.3, -0.25) is 14.2 Å². The fourth-order valence-corrected chi connectivity index (χ4v) is 4.94. The van der Waals surface area contributed by atoms with Gasteiger partial charge in [0.25, 0.3) is 5.56 Å². The molecule has 9 heteroatoms. The molecule has 0 spiro atoms. The van der Waals surface area contributed by atoms with E-state index in [9.17, 15) is 9.59 Å². The summed E-state index contributed by atoms with van der Waals surface area (Å²) < 4.78 is 7.00. The van der Waals surface area contributed by atoms with E-state index >= 15 is 0 Å². The van der Waals surface area contributed by atoms with Crippen LogP contribution in [0.2, 0.25) is 5.02 Å². The molecule has 0 radical (unpaired) electrons. The molecular weight excluding hydrogens is 454 g/mol. The quantitative estimate of drug-likeness (QED) is 0.223. The van der Waals surface area contributed by atoms with Gasteiger partial charge in [0.05, 0.1) is 17.4 Å². The number of thioether (sulfide) groups is 1. The number of allylic oxidation sites excluding steroid dienone is 1. The Balaban J connectivity index is 1.53. The van der Waals surface area contributed by atoms with E-state index in [0.29, 0.717) is 39.2 Å². The predicted molar refractivity (Wildman–Crippen MR) is 126 cm³/mol. The third-order valence-electron chi connectivity index (χ3n) is 4.49. The van der Waals surface area contributed by atoms with Crippen LogP contribution in [0.25, 0.3) is 21.5 Å². The summed E-state index contributed by atoms with van der Waals surface area (Å²) in [6.07, 6.45) is 3.21. The fourth-order valence-electron chi connectivity index (χ4n) is 3.00. The van der Waals surface area contributed by atoms with Crippen molar-refractivity contribution in [3.63, 3.8) is 0 Å². The summed E-state index contributed by atoms with van der Waals surface area (Å²) in [5.41, 5.74) is 1.49. The normalized spacial score (nSPS) is 11.0. The zero-order valence-corrected chi connectivity index (χ0v) is 18.7. The van der Waals surface area contributed by atoms with Gasteiger partial charge >= 0.3 is 0 Å². The second-order valence-electron chi connectivity index (χ2n) is 6.60. The number of thiophene rings is 1. The van der Waals surface area contributed by atoms with Crippen molar-refractivity contribution < 1.29 is 9.21 Å². The van der Waals surface area contributed by atoms with Crippen LogP contribution in [0.5, 0.6) is 0 Å². The minimum absolute atomic E-state index is 0.138. The van der Waals surface area contributed by atoms with Crippen LogP contribution in [0, 0.1) is 0 Å². The number of amides is 1. The lowest BCUT2D eigenvalue weighted by atomic mass is 10.2. The Morgan fingerprint density at radius 3 is 2.84 bits per heavy atom. The lowest BCUT2D eigenvalue weighted by Crippen LogP contribution is -2.26. The molecule has 1 N–H and O–H groups in total. The third kappa shape index (κ3) is 4.76. The van der Waals surface area contributed by atoms with Crippen LogP contribution >= 0.6 is 34.7 Å². The molecule has 1 aromatic carbocycles. The largest absolute Gasteiger partial charge is 0.464 e. The van der Waals surface area contributed by atoms with E-state index in [-0.39, 0.29) is 17.2 Å². The highest BCUT2D eigenvalue weighted by molar-refractivity contribution is 7.99. The summed E-state index contributed by atoms with van der Waals surface area (Å²) in [6, 6.07) is 10.9. The highest BCUT2D eigenvalue weighted by Crippen LogP contribution is 2.32. The van der Waals surface area contributed by atoms with Crippen molar-refractivity contribution in [3.05, 3.63) is 81.6 Å². The number of benzene rings is 1. The van der Waals surface area contributed by atoms with Crippen LogP contribution < -0.4 is 10.9 Å². The molecule has 0 unspecified atom stereocenters. The first-order valence-electron chi connectivity index (χ1n) is 9.37. The number of nitrogens with one attached hydrogen (secondary N) is 1. The van der Waals surface area contributed by atoms with Crippen molar-refractivity contribution in [2.24, 2.45) is 0 Å². The Hall–Kier alpha value is -2.81. The Bertz CT molecular complexity index is 1280. The molecule has 4 rings (SSSR count). The van der Waals surface area contributed by atoms with Gasteiger partial charge in [-0.15, -0.1) is 17.9 Å². The average Bonchev–Trinajstić information content (AvgIpc) is 3.44. The topological polar surface area (TPSA) is 77.1 Å². The molecule has 158 valence electrons. The molecule has 0 fully saturated rings. The fraction of sp³-hybridized carbons (Fsp3) is 0.136. The van der Waals surface area contributed by atoms with E-state index in [1.54, 1.807) is 30.5 Å². The van der Waals surface area contributed by atoms with E-state index in [2.05, 4.69) is 16.9 Å². The number of furan rings is 1. The van der Waals surface area contributed by atoms with Crippen molar-refractivity contribution in [1.29, 1.82) is 0 Å². The van der Waals surface area contributed by atoms with Crippen LogP contribution in [0.1, 0.15) is 5.56 Å². The smallest absolute Gasteiger partial charge is 0.263 e. The highest BCUT2D eigenvalue weighted by Gasteiger charge is 2.18. The molecule has 0 atom stereocenters. The summed E-state index contributed by atoms with van der Waals surface area (Å²) in [7, 11) is 0. The molecule has 3 aromatic heterocycles. The molecule has 1 amide bonds. The summed E-state index contributed by atoms with van der Waals surface area (Å²) in [4.78, 5) is 30.8. The summed E-state index contributed by atoms with van der Waals surface area (Å²) >= 11 is 8.48. The van der Waals surface area contributed by atoms with Crippen LogP contribution in [-0.4, -0.2) is 21.2 Å². The second kappa shape index (κ2) is 9.55. The van der Waals surface area contributed by atoms with Crippen LogP contribution in [-0.2, 0) is 17.9 Å². The van der Waals surface area contributed by atoms with Gasteiger partial charge in [-0.25, -0.2) is 4.98 Å². The SMILES string of the molecule is C=CCn1c(SCC(=O)NCc2ccc(Cl)cc2)nc2scc(-c3ccco3)c2c1=O. The van der Waals surface area contributed by atoms with Crippen molar-refractivity contribution in [2.75, 3.05) is 5.75 Å². The monoisotopic (exact) mass is 471 g/mol. The third-order valence-corrected chi connectivity index (χ3v) is 6.59. The Labute approximate surface area is 191 Å². The lowest BCUT2D eigenvalue weighted by Gasteiger charge is -2.11. The maximum Gasteiger partial charge on any atom is 0.263 e. The van der Waals surface area contributed by atoms with Gasteiger partial charge in [0, 0.05) is 29.1 Å².